The quantitative estimate of drug-likeness (QED) is 0.614. The van der Waals surface area contributed by atoms with Crippen molar-refractivity contribution in [2.24, 2.45) is 11.8 Å². The number of hydrogen-bond acceptors (Lipinski definition) is 1. The van der Waals surface area contributed by atoms with E-state index in [-0.39, 0.29) is 21.7 Å². The summed E-state index contributed by atoms with van der Waals surface area (Å²) in [4.78, 5) is 12.4. The molecule has 1 nitrogen and oxygen atoms in total. The monoisotopic (exact) mass is 362 g/mol. The second kappa shape index (κ2) is 6.51. The lowest BCUT2D eigenvalue weighted by atomic mass is 9.77. The Balaban J connectivity index is 2.17. The highest BCUT2D eigenvalue weighted by atomic mass is 79.9. The number of halogens is 4. The van der Waals surface area contributed by atoms with Gasteiger partial charge < -0.3 is 0 Å². The van der Waals surface area contributed by atoms with Gasteiger partial charge in [0.05, 0.1) is 5.56 Å². The van der Waals surface area contributed by atoms with Gasteiger partial charge in [0.2, 0.25) is 0 Å². The Kier molecular flexibility index (Phi) is 5.12. The van der Waals surface area contributed by atoms with Gasteiger partial charge in [-0.05, 0) is 43.7 Å². The first kappa shape index (κ1) is 16.5. The molecule has 0 radical (unpaired) electrons. The number of alkyl halides is 3. The van der Waals surface area contributed by atoms with Gasteiger partial charge in [0.15, 0.2) is 5.78 Å². The van der Waals surface area contributed by atoms with Crippen LogP contribution in [0, 0.1) is 11.8 Å². The molecule has 1 aromatic carbocycles. The summed E-state index contributed by atoms with van der Waals surface area (Å²) in [5.41, 5.74) is -0.610. The summed E-state index contributed by atoms with van der Waals surface area (Å²) in [6, 6.07) is 3.76. The number of carbonyl (C=O) groups is 1. The van der Waals surface area contributed by atoms with Crippen molar-refractivity contribution in [1.82, 2.24) is 0 Å². The van der Waals surface area contributed by atoms with E-state index in [0.717, 1.165) is 38.2 Å². The minimum absolute atomic E-state index is 0.0266. The van der Waals surface area contributed by atoms with Crippen LogP contribution in [0.25, 0.3) is 0 Å². The molecule has 1 aromatic rings. The summed E-state index contributed by atoms with van der Waals surface area (Å²) < 4.78 is 38.6. The van der Waals surface area contributed by atoms with Gasteiger partial charge in [-0.25, -0.2) is 0 Å². The molecule has 0 unspecified atom stereocenters. The van der Waals surface area contributed by atoms with Crippen LogP contribution < -0.4 is 0 Å². The molecule has 1 fully saturated rings. The minimum Gasteiger partial charge on any atom is -0.294 e. The number of Topliss-reactive ketones (excluding diaryl/α,β-unsaturated/α-hetero) is 1. The maximum Gasteiger partial charge on any atom is 0.417 e. The third kappa shape index (κ3) is 3.87. The van der Waals surface area contributed by atoms with Gasteiger partial charge in [-0.2, -0.15) is 13.2 Å². The van der Waals surface area contributed by atoms with Crippen molar-refractivity contribution >= 4 is 21.7 Å². The molecule has 1 aliphatic rings. The molecular formula is C16H18BrF3O. The van der Waals surface area contributed by atoms with Crippen molar-refractivity contribution in [1.29, 1.82) is 0 Å². The van der Waals surface area contributed by atoms with Gasteiger partial charge >= 0.3 is 6.18 Å². The molecule has 0 saturated heterocycles. The molecule has 0 spiro atoms. The molecule has 0 amide bonds. The number of hydrogen-bond donors (Lipinski definition) is 0. The predicted molar refractivity (Wildman–Crippen MR) is 79.2 cm³/mol. The van der Waals surface area contributed by atoms with Crippen LogP contribution >= 0.6 is 15.9 Å². The molecule has 21 heavy (non-hydrogen) atoms. The summed E-state index contributed by atoms with van der Waals surface area (Å²) in [5.74, 6) is 0.377. The third-order valence-corrected chi connectivity index (χ3v) is 5.04. The predicted octanol–water partition coefficient (Wildman–Crippen LogP) is 5.87. The van der Waals surface area contributed by atoms with Crippen molar-refractivity contribution in [2.45, 2.75) is 45.2 Å². The van der Waals surface area contributed by atoms with E-state index < -0.39 is 11.7 Å². The van der Waals surface area contributed by atoms with Gasteiger partial charge in [0.25, 0.3) is 0 Å². The maximum absolute atomic E-state index is 12.9. The minimum atomic E-state index is -4.45. The van der Waals surface area contributed by atoms with Crippen molar-refractivity contribution in [3.05, 3.63) is 33.8 Å². The highest BCUT2D eigenvalue weighted by Crippen LogP contribution is 2.37. The third-order valence-electron chi connectivity index (χ3n) is 4.35. The van der Waals surface area contributed by atoms with Crippen LogP contribution in [0.1, 0.15) is 54.9 Å². The zero-order valence-corrected chi connectivity index (χ0v) is 13.4. The smallest absolute Gasteiger partial charge is 0.294 e. The number of benzene rings is 1. The molecule has 0 heterocycles. The van der Waals surface area contributed by atoms with E-state index in [0.29, 0.717) is 5.92 Å². The Morgan fingerprint density at radius 3 is 2.38 bits per heavy atom. The second-order valence-corrected chi connectivity index (χ2v) is 6.54. The normalized spacial score (nSPS) is 23.1. The first-order chi connectivity index (χ1) is 9.82. The van der Waals surface area contributed by atoms with Crippen LogP contribution in [-0.4, -0.2) is 5.78 Å². The average molecular weight is 363 g/mol. The molecule has 0 N–H and O–H groups in total. The zero-order valence-electron chi connectivity index (χ0n) is 11.8. The van der Waals surface area contributed by atoms with Crippen LogP contribution in [0.2, 0.25) is 0 Å². The Bertz CT molecular complexity index is 517. The Morgan fingerprint density at radius 2 is 1.86 bits per heavy atom. The van der Waals surface area contributed by atoms with Gasteiger partial charge in [-0.15, -0.1) is 0 Å². The van der Waals surface area contributed by atoms with Gasteiger partial charge in [0, 0.05) is 16.0 Å². The topological polar surface area (TPSA) is 17.1 Å². The summed E-state index contributed by atoms with van der Waals surface area (Å²) >= 11 is 2.90. The lowest BCUT2D eigenvalue weighted by Crippen LogP contribution is -2.22. The maximum atomic E-state index is 12.9. The summed E-state index contributed by atoms with van der Waals surface area (Å²) in [5, 5.41) is 0. The van der Waals surface area contributed by atoms with E-state index in [1.165, 1.54) is 12.1 Å². The van der Waals surface area contributed by atoms with E-state index >= 15 is 0 Å². The molecule has 2 rings (SSSR count). The molecule has 0 bridgehead atoms. The largest absolute Gasteiger partial charge is 0.417 e. The Hall–Kier alpha value is -0.840. The molecule has 0 aliphatic heterocycles. The second-order valence-electron chi connectivity index (χ2n) is 5.68. The molecular weight excluding hydrogens is 345 g/mol. The molecule has 1 aliphatic carbocycles. The van der Waals surface area contributed by atoms with Crippen LogP contribution in [0.3, 0.4) is 0 Å². The first-order valence-electron chi connectivity index (χ1n) is 7.24. The van der Waals surface area contributed by atoms with Crippen LogP contribution in [-0.2, 0) is 6.18 Å². The standard InChI is InChI=1S/C16H18BrF3O/c1-2-10-3-5-11(6-4-10)15(21)12-7-8-14(17)13(9-12)16(18,19)20/h7-11H,2-6H2,1H3. The van der Waals surface area contributed by atoms with E-state index in [9.17, 15) is 18.0 Å². The highest BCUT2D eigenvalue weighted by molar-refractivity contribution is 9.10. The first-order valence-corrected chi connectivity index (χ1v) is 8.03. The Morgan fingerprint density at radius 1 is 1.24 bits per heavy atom. The zero-order chi connectivity index (χ0) is 15.6. The van der Waals surface area contributed by atoms with Crippen molar-refractivity contribution in [3.8, 4) is 0 Å². The van der Waals surface area contributed by atoms with Crippen molar-refractivity contribution < 1.29 is 18.0 Å². The lowest BCUT2D eigenvalue weighted by molar-refractivity contribution is -0.138. The van der Waals surface area contributed by atoms with Gasteiger partial charge in [0.1, 0.15) is 0 Å². The molecule has 1 saturated carbocycles. The summed E-state index contributed by atoms with van der Waals surface area (Å²) in [6.07, 6.45) is 0.223. The van der Waals surface area contributed by atoms with E-state index in [1.54, 1.807) is 0 Å². The van der Waals surface area contributed by atoms with Crippen LogP contribution in [0.4, 0.5) is 13.2 Å². The van der Waals surface area contributed by atoms with Gasteiger partial charge in [-0.3, -0.25) is 4.79 Å². The summed E-state index contributed by atoms with van der Waals surface area (Å²) in [6.45, 7) is 2.14. The number of carbonyl (C=O) groups excluding carboxylic acids is 1. The van der Waals surface area contributed by atoms with Crippen molar-refractivity contribution in [2.75, 3.05) is 0 Å². The van der Waals surface area contributed by atoms with Crippen LogP contribution in [0.5, 0.6) is 0 Å². The van der Waals surface area contributed by atoms with E-state index in [2.05, 4.69) is 22.9 Å². The highest BCUT2D eigenvalue weighted by Gasteiger charge is 2.34. The van der Waals surface area contributed by atoms with E-state index in [1.807, 2.05) is 0 Å². The van der Waals surface area contributed by atoms with Gasteiger partial charge in [-0.1, -0.05) is 35.3 Å². The SMILES string of the molecule is CCC1CCC(C(=O)c2ccc(Br)c(C(F)(F)F)c2)CC1. The molecule has 5 heteroatoms. The lowest BCUT2D eigenvalue weighted by Gasteiger charge is -2.27. The number of rotatable bonds is 3. The fraction of sp³-hybridized carbons (Fsp3) is 0.562. The fourth-order valence-electron chi connectivity index (χ4n) is 2.96. The van der Waals surface area contributed by atoms with Crippen molar-refractivity contribution in [3.63, 3.8) is 0 Å². The van der Waals surface area contributed by atoms with Crippen LogP contribution in [0.15, 0.2) is 22.7 Å². The fourth-order valence-corrected chi connectivity index (χ4v) is 3.44. The van der Waals surface area contributed by atoms with E-state index in [4.69, 9.17) is 0 Å². The number of ketones is 1. The average Bonchev–Trinajstić information content (AvgIpc) is 2.46. The molecule has 0 atom stereocenters. The Labute approximate surface area is 131 Å². The molecule has 116 valence electrons. The summed E-state index contributed by atoms with van der Waals surface area (Å²) in [7, 11) is 0. The molecule has 0 aromatic heterocycles.